The van der Waals surface area contributed by atoms with Crippen LogP contribution in [0.1, 0.15) is 24.7 Å². The van der Waals surface area contributed by atoms with Crippen LogP contribution in [-0.2, 0) is 6.42 Å². The van der Waals surface area contributed by atoms with E-state index >= 15 is 0 Å². The van der Waals surface area contributed by atoms with E-state index < -0.39 is 0 Å². The van der Waals surface area contributed by atoms with E-state index in [1.54, 1.807) is 11.8 Å². The Kier molecular flexibility index (Phi) is 4.42. The molecule has 7 heteroatoms. The zero-order valence-electron chi connectivity index (χ0n) is 11.4. The molecule has 1 aliphatic rings. The number of benzene rings is 1. The lowest BCUT2D eigenvalue weighted by molar-refractivity contribution is 0.726. The molecule has 21 heavy (non-hydrogen) atoms. The van der Waals surface area contributed by atoms with E-state index in [1.165, 1.54) is 0 Å². The number of aromatic nitrogens is 3. The number of nitrogens with one attached hydrogen (secondary N) is 1. The van der Waals surface area contributed by atoms with Crippen LogP contribution >= 0.6 is 35.0 Å². The van der Waals surface area contributed by atoms with Gasteiger partial charge in [-0.1, -0.05) is 54.0 Å². The average molecular weight is 341 g/mol. The fourth-order valence-electron chi connectivity index (χ4n) is 2.07. The van der Waals surface area contributed by atoms with Gasteiger partial charge in [0, 0.05) is 16.5 Å². The normalized spacial score (nSPS) is 17.7. The Morgan fingerprint density at radius 2 is 2.14 bits per heavy atom. The standard InChI is InChI=1S/C14H14Cl2N4S/c1-2-3-12-17-18-14-20(12)19-13(21-14)8-11(16)9-4-6-10(15)7-5-9/h4-8,13,19H,2-3H2,1H3/b11-8-. The predicted molar refractivity (Wildman–Crippen MR) is 88.3 cm³/mol. The minimum absolute atomic E-state index is 0.0503. The van der Waals surface area contributed by atoms with Gasteiger partial charge in [-0.3, -0.25) is 0 Å². The number of thioether (sulfide) groups is 1. The molecule has 0 radical (unpaired) electrons. The Morgan fingerprint density at radius 3 is 2.86 bits per heavy atom. The van der Waals surface area contributed by atoms with Gasteiger partial charge in [-0.2, -0.15) is 0 Å². The van der Waals surface area contributed by atoms with Crippen molar-refractivity contribution < 1.29 is 0 Å². The summed E-state index contributed by atoms with van der Waals surface area (Å²) in [6.07, 6.45) is 3.91. The maximum atomic E-state index is 6.37. The number of nitrogens with zero attached hydrogens (tertiary/aromatic N) is 3. The molecule has 0 bridgehead atoms. The molecule has 0 aliphatic carbocycles. The smallest absolute Gasteiger partial charge is 0.212 e. The van der Waals surface area contributed by atoms with Gasteiger partial charge >= 0.3 is 0 Å². The monoisotopic (exact) mass is 340 g/mol. The molecule has 1 unspecified atom stereocenters. The molecule has 4 nitrogen and oxygen atoms in total. The summed E-state index contributed by atoms with van der Waals surface area (Å²) < 4.78 is 1.95. The highest BCUT2D eigenvalue weighted by Crippen LogP contribution is 2.31. The van der Waals surface area contributed by atoms with Gasteiger partial charge in [-0.05, 0) is 30.2 Å². The maximum Gasteiger partial charge on any atom is 0.212 e. The Morgan fingerprint density at radius 1 is 1.38 bits per heavy atom. The predicted octanol–water partition coefficient (Wildman–Crippen LogP) is 4.14. The van der Waals surface area contributed by atoms with E-state index in [1.807, 2.05) is 35.0 Å². The van der Waals surface area contributed by atoms with Crippen molar-refractivity contribution in [3.05, 3.63) is 46.8 Å². The van der Waals surface area contributed by atoms with E-state index in [0.717, 1.165) is 29.4 Å². The number of hydrogen-bond donors (Lipinski definition) is 1. The lowest BCUT2D eigenvalue weighted by atomic mass is 10.2. The number of fused-ring (bicyclic) bond motifs is 1. The molecule has 0 fully saturated rings. The third-order valence-electron chi connectivity index (χ3n) is 3.08. The van der Waals surface area contributed by atoms with Crippen LogP contribution in [0.15, 0.2) is 35.5 Å². The van der Waals surface area contributed by atoms with Crippen LogP contribution in [0.3, 0.4) is 0 Å². The van der Waals surface area contributed by atoms with Crippen molar-refractivity contribution in [2.24, 2.45) is 0 Å². The third-order valence-corrected chi connectivity index (χ3v) is 4.65. The van der Waals surface area contributed by atoms with E-state index in [0.29, 0.717) is 10.1 Å². The molecule has 1 aromatic carbocycles. The second kappa shape index (κ2) is 6.30. The summed E-state index contributed by atoms with van der Waals surface area (Å²) >= 11 is 13.9. The van der Waals surface area contributed by atoms with Gasteiger partial charge in [0.2, 0.25) is 5.16 Å². The molecule has 3 rings (SSSR count). The van der Waals surface area contributed by atoms with E-state index in [-0.39, 0.29) is 5.37 Å². The Bertz CT molecular complexity index is 666. The molecule has 2 aromatic rings. The molecule has 1 atom stereocenters. The number of aryl methyl sites for hydroxylation is 1. The van der Waals surface area contributed by atoms with Gasteiger partial charge < -0.3 is 5.43 Å². The minimum Gasteiger partial charge on any atom is -0.305 e. The van der Waals surface area contributed by atoms with Crippen LogP contribution in [-0.4, -0.2) is 20.2 Å². The molecule has 0 saturated carbocycles. The van der Waals surface area contributed by atoms with Crippen molar-refractivity contribution in [2.45, 2.75) is 30.3 Å². The minimum atomic E-state index is 0.0503. The zero-order chi connectivity index (χ0) is 14.8. The molecule has 1 aromatic heterocycles. The van der Waals surface area contributed by atoms with Crippen LogP contribution in [0.4, 0.5) is 0 Å². The van der Waals surface area contributed by atoms with Crippen LogP contribution in [0.5, 0.6) is 0 Å². The Hall–Kier alpha value is -1.17. The van der Waals surface area contributed by atoms with Gasteiger partial charge in [0.05, 0.1) is 0 Å². The van der Waals surface area contributed by atoms with Crippen molar-refractivity contribution in [3.8, 4) is 0 Å². The van der Waals surface area contributed by atoms with E-state index in [4.69, 9.17) is 23.2 Å². The first kappa shape index (κ1) is 14.8. The van der Waals surface area contributed by atoms with Crippen molar-refractivity contribution in [1.29, 1.82) is 0 Å². The summed E-state index contributed by atoms with van der Waals surface area (Å²) in [4.78, 5) is 0. The van der Waals surface area contributed by atoms with E-state index in [2.05, 4.69) is 22.5 Å². The van der Waals surface area contributed by atoms with Gasteiger partial charge in [0.15, 0.2) is 5.82 Å². The first-order chi connectivity index (χ1) is 10.2. The fraction of sp³-hybridized carbons (Fsp3) is 0.286. The van der Waals surface area contributed by atoms with Crippen LogP contribution in [0, 0.1) is 0 Å². The summed E-state index contributed by atoms with van der Waals surface area (Å²) in [7, 11) is 0. The lowest BCUT2D eigenvalue weighted by Gasteiger charge is -2.08. The fourth-order valence-corrected chi connectivity index (χ4v) is 3.46. The number of rotatable bonds is 4. The van der Waals surface area contributed by atoms with Crippen molar-refractivity contribution in [2.75, 3.05) is 5.43 Å². The molecular weight excluding hydrogens is 327 g/mol. The number of hydrogen-bond acceptors (Lipinski definition) is 4. The Labute approximate surface area is 137 Å². The van der Waals surface area contributed by atoms with Gasteiger partial charge in [-0.15, -0.1) is 10.2 Å². The molecule has 110 valence electrons. The van der Waals surface area contributed by atoms with Crippen molar-refractivity contribution in [3.63, 3.8) is 0 Å². The highest BCUT2D eigenvalue weighted by atomic mass is 35.5. The molecule has 0 amide bonds. The van der Waals surface area contributed by atoms with Crippen LogP contribution < -0.4 is 5.43 Å². The first-order valence-corrected chi connectivity index (χ1v) is 8.31. The summed E-state index contributed by atoms with van der Waals surface area (Å²) in [6.45, 7) is 2.12. The quantitative estimate of drug-likeness (QED) is 0.908. The van der Waals surface area contributed by atoms with Crippen LogP contribution in [0.25, 0.3) is 5.03 Å². The molecule has 0 spiro atoms. The lowest BCUT2D eigenvalue weighted by Crippen LogP contribution is -2.19. The molecule has 1 aliphatic heterocycles. The molecular formula is C14H14Cl2N4S. The summed E-state index contributed by atoms with van der Waals surface area (Å²) in [5.41, 5.74) is 4.29. The van der Waals surface area contributed by atoms with Gasteiger partial charge in [0.25, 0.3) is 0 Å². The second-order valence-electron chi connectivity index (χ2n) is 4.67. The second-order valence-corrected chi connectivity index (χ2v) is 6.63. The van der Waals surface area contributed by atoms with Crippen molar-refractivity contribution in [1.82, 2.24) is 14.9 Å². The first-order valence-electron chi connectivity index (χ1n) is 6.68. The highest BCUT2D eigenvalue weighted by Gasteiger charge is 2.24. The average Bonchev–Trinajstić information content (AvgIpc) is 3.01. The zero-order valence-corrected chi connectivity index (χ0v) is 13.7. The van der Waals surface area contributed by atoms with Gasteiger partial charge in [0.1, 0.15) is 5.37 Å². The molecule has 1 N–H and O–H groups in total. The highest BCUT2D eigenvalue weighted by molar-refractivity contribution is 8.00. The maximum absolute atomic E-state index is 6.37. The Balaban J connectivity index is 1.75. The summed E-state index contributed by atoms with van der Waals surface area (Å²) in [5.74, 6) is 0.957. The van der Waals surface area contributed by atoms with Crippen LogP contribution in [0.2, 0.25) is 5.02 Å². The summed E-state index contributed by atoms with van der Waals surface area (Å²) in [5, 5.41) is 10.7. The SMILES string of the molecule is CCCc1nnc2n1NC(/C=C(\Cl)c1ccc(Cl)cc1)S2. The van der Waals surface area contributed by atoms with Gasteiger partial charge in [-0.25, -0.2) is 4.68 Å². The van der Waals surface area contributed by atoms with Crippen molar-refractivity contribution >= 4 is 40.0 Å². The topological polar surface area (TPSA) is 42.7 Å². The molecule has 2 heterocycles. The number of halogens is 2. The van der Waals surface area contributed by atoms with E-state index in [9.17, 15) is 0 Å². The molecule has 0 saturated heterocycles. The largest absolute Gasteiger partial charge is 0.305 e. The summed E-state index contributed by atoms with van der Waals surface area (Å²) in [6, 6.07) is 7.47. The third kappa shape index (κ3) is 3.20.